The molecule has 0 aliphatic rings. The average molecular weight is 385 g/mol. The minimum absolute atomic E-state index is 0.0288. The van der Waals surface area contributed by atoms with Crippen molar-refractivity contribution >= 4 is 35.0 Å². The Labute approximate surface area is 159 Å². The van der Waals surface area contributed by atoms with Gasteiger partial charge < -0.3 is 4.74 Å². The molecule has 0 aliphatic carbocycles. The van der Waals surface area contributed by atoms with Crippen molar-refractivity contribution in [1.29, 1.82) is 5.26 Å². The fraction of sp³-hybridized carbons (Fsp3) is 0.167. The molecule has 0 N–H and O–H groups in total. The van der Waals surface area contributed by atoms with Crippen molar-refractivity contribution < 1.29 is 19.2 Å². The SMILES string of the molecule is CSc1ccc(C(=O)OCC(=O)N(CC#N)c2ccccc2)cc1[N+](=O)[O-]. The second kappa shape index (κ2) is 9.35. The number of amides is 1. The number of nitro groups is 1. The number of ether oxygens (including phenoxy) is 1. The number of benzene rings is 2. The van der Waals surface area contributed by atoms with Crippen LogP contribution in [-0.2, 0) is 9.53 Å². The smallest absolute Gasteiger partial charge is 0.338 e. The Morgan fingerprint density at radius 1 is 1.26 bits per heavy atom. The maximum atomic E-state index is 12.3. The molecule has 2 rings (SSSR count). The first-order chi connectivity index (χ1) is 13.0. The van der Waals surface area contributed by atoms with E-state index in [0.717, 1.165) is 6.07 Å². The molecule has 0 saturated carbocycles. The average Bonchev–Trinajstić information content (AvgIpc) is 2.70. The van der Waals surface area contributed by atoms with Crippen LogP contribution in [0, 0.1) is 21.4 Å². The summed E-state index contributed by atoms with van der Waals surface area (Å²) in [5, 5.41) is 20.0. The maximum absolute atomic E-state index is 12.3. The Kier molecular flexibility index (Phi) is 6.91. The number of carbonyl (C=O) groups excluding carboxylic acids is 2. The van der Waals surface area contributed by atoms with Crippen LogP contribution in [0.4, 0.5) is 11.4 Å². The first-order valence-electron chi connectivity index (χ1n) is 7.70. The van der Waals surface area contributed by atoms with Gasteiger partial charge in [0.25, 0.3) is 11.6 Å². The van der Waals surface area contributed by atoms with Crippen LogP contribution in [0.1, 0.15) is 10.4 Å². The molecule has 0 aromatic heterocycles. The van der Waals surface area contributed by atoms with E-state index < -0.39 is 23.4 Å². The van der Waals surface area contributed by atoms with Gasteiger partial charge in [-0.05, 0) is 30.5 Å². The highest BCUT2D eigenvalue weighted by atomic mass is 32.2. The van der Waals surface area contributed by atoms with Crippen molar-refractivity contribution in [2.75, 3.05) is 24.3 Å². The predicted molar refractivity (Wildman–Crippen MR) is 99.6 cm³/mol. The van der Waals surface area contributed by atoms with E-state index in [9.17, 15) is 19.7 Å². The second-order valence-corrected chi connectivity index (χ2v) is 6.04. The molecule has 1 amide bonds. The number of thioether (sulfide) groups is 1. The molecule has 0 radical (unpaired) electrons. The number of hydrogen-bond donors (Lipinski definition) is 0. The van der Waals surface area contributed by atoms with Gasteiger partial charge in [0.15, 0.2) is 6.61 Å². The number of para-hydroxylation sites is 1. The van der Waals surface area contributed by atoms with Gasteiger partial charge in [0.05, 0.1) is 21.5 Å². The molecule has 0 heterocycles. The van der Waals surface area contributed by atoms with Crippen molar-refractivity contribution in [3.05, 3.63) is 64.2 Å². The largest absolute Gasteiger partial charge is 0.452 e. The Morgan fingerprint density at radius 2 is 1.96 bits per heavy atom. The summed E-state index contributed by atoms with van der Waals surface area (Å²) in [6, 6.07) is 14.4. The van der Waals surface area contributed by atoms with Gasteiger partial charge >= 0.3 is 5.97 Å². The van der Waals surface area contributed by atoms with Gasteiger partial charge in [-0.15, -0.1) is 11.8 Å². The molecule has 8 nitrogen and oxygen atoms in total. The molecular formula is C18H15N3O5S. The summed E-state index contributed by atoms with van der Waals surface area (Å²) in [5.41, 5.74) is 0.262. The summed E-state index contributed by atoms with van der Waals surface area (Å²) in [6.07, 6.45) is 1.69. The van der Waals surface area contributed by atoms with Crippen molar-refractivity contribution in [2.24, 2.45) is 0 Å². The van der Waals surface area contributed by atoms with E-state index in [1.54, 1.807) is 36.6 Å². The molecular weight excluding hydrogens is 370 g/mol. The molecule has 27 heavy (non-hydrogen) atoms. The Hall–Kier alpha value is -3.38. The van der Waals surface area contributed by atoms with E-state index in [4.69, 9.17) is 10.00 Å². The fourth-order valence-corrected chi connectivity index (χ4v) is 2.80. The molecule has 2 aromatic carbocycles. The van der Waals surface area contributed by atoms with E-state index in [0.29, 0.717) is 10.6 Å². The van der Waals surface area contributed by atoms with E-state index >= 15 is 0 Å². The van der Waals surface area contributed by atoms with Gasteiger partial charge in [0.2, 0.25) is 0 Å². The van der Waals surface area contributed by atoms with Gasteiger partial charge in [0, 0.05) is 11.8 Å². The normalized spacial score (nSPS) is 9.93. The van der Waals surface area contributed by atoms with E-state index in [1.165, 1.54) is 28.8 Å². The molecule has 9 heteroatoms. The summed E-state index contributed by atoms with van der Waals surface area (Å²) in [7, 11) is 0. The van der Waals surface area contributed by atoms with Gasteiger partial charge in [-0.2, -0.15) is 5.26 Å². The first-order valence-corrected chi connectivity index (χ1v) is 8.92. The highest BCUT2D eigenvalue weighted by molar-refractivity contribution is 7.98. The number of anilines is 1. The summed E-state index contributed by atoms with van der Waals surface area (Å²) in [5.74, 6) is -1.43. The summed E-state index contributed by atoms with van der Waals surface area (Å²) >= 11 is 1.18. The standard InChI is InChI=1S/C18H15N3O5S/c1-27-16-8-7-13(11-15(16)21(24)25)18(23)26-12-17(22)20(10-9-19)14-5-3-2-4-6-14/h2-8,11H,10,12H2,1H3. The zero-order valence-electron chi connectivity index (χ0n) is 14.3. The van der Waals surface area contributed by atoms with Crippen LogP contribution in [-0.4, -0.2) is 36.2 Å². The number of hydrogen-bond acceptors (Lipinski definition) is 7. The summed E-state index contributed by atoms with van der Waals surface area (Å²) in [6.45, 7) is -0.790. The van der Waals surface area contributed by atoms with Crippen molar-refractivity contribution in [3.63, 3.8) is 0 Å². The third kappa shape index (κ3) is 5.05. The number of nitro benzene ring substituents is 1. The first kappa shape index (κ1) is 19.9. The number of esters is 1. The summed E-state index contributed by atoms with van der Waals surface area (Å²) < 4.78 is 4.98. The fourth-order valence-electron chi connectivity index (χ4n) is 2.25. The maximum Gasteiger partial charge on any atom is 0.338 e. The number of carbonyl (C=O) groups is 2. The Morgan fingerprint density at radius 3 is 2.56 bits per heavy atom. The zero-order valence-corrected chi connectivity index (χ0v) is 15.1. The lowest BCUT2D eigenvalue weighted by Crippen LogP contribution is -2.35. The van der Waals surface area contributed by atoms with E-state index in [1.807, 2.05) is 6.07 Å². The zero-order chi connectivity index (χ0) is 19.8. The molecule has 138 valence electrons. The highest BCUT2D eigenvalue weighted by Gasteiger charge is 2.21. The van der Waals surface area contributed by atoms with Gasteiger partial charge in [-0.1, -0.05) is 18.2 Å². The van der Waals surface area contributed by atoms with Crippen LogP contribution in [0.2, 0.25) is 0 Å². The number of nitrogens with zero attached hydrogens (tertiary/aromatic N) is 3. The topological polar surface area (TPSA) is 114 Å². The lowest BCUT2D eigenvalue weighted by Gasteiger charge is -2.19. The van der Waals surface area contributed by atoms with Crippen LogP contribution >= 0.6 is 11.8 Å². The third-order valence-corrected chi connectivity index (χ3v) is 4.32. The molecule has 0 unspecified atom stereocenters. The van der Waals surface area contributed by atoms with E-state index in [-0.39, 0.29) is 17.8 Å². The second-order valence-electron chi connectivity index (χ2n) is 5.19. The lowest BCUT2D eigenvalue weighted by molar-refractivity contribution is -0.387. The van der Waals surface area contributed by atoms with Crippen LogP contribution in [0.5, 0.6) is 0 Å². The van der Waals surface area contributed by atoms with E-state index in [2.05, 4.69) is 0 Å². The molecule has 0 spiro atoms. The van der Waals surface area contributed by atoms with Crippen LogP contribution < -0.4 is 4.90 Å². The minimum Gasteiger partial charge on any atom is -0.452 e. The van der Waals surface area contributed by atoms with Gasteiger partial charge in [0.1, 0.15) is 6.54 Å². The molecule has 0 saturated heterocycles. The Balaban J connectivity index is 2.10. The molecule has 0 fully saturated rings. The summed E-state index contributed by atoms with van der Waals surface area (Å²) in [4.78, 5) is 36.6. The van der Waals surface area contributed by atoms with Crippen LogP contribution in [0.3, 0.4) is 0 Å². The van der Waals surface area contributed by atoms with Crippen molar-refractivity contribution in [3.8, 4) is 6.07 Å². The Bertz CT molecular complexity index is 896. The lowest BCUT2D eigenvalue weighted by atomic mass is 10.2. The quantitative estimate of drug-likeness (QED) is 0.237. The molecule has 0 aliphatic heterocycles. The molecule has 2 aromatic rings. The number of nitriles is 1. The van der Waals surface area contributed by atoms with Gasteiger partial charge in [-0.25, -0.2) is 4.79 Å². The highest BCUT2D eigenvalue weighted by Crippen LogP contribution is 2.28. The van der Waals surface area contributed by atoms with Gasteiger partial charge in [-0.3, -0.25) is 19.8 Å². The van der Waals surface area contributed by atoms with Crippen molar-refractivity contribution in [1.82, 2.24) is 0 Å². The number of rotatable bonds is 7. The van der Waals surface area contributed by atoms with Crippen LogP contribution in [0.15, 0.2) is 53.4 Å². The predicted octanol–water partition coefficient (Wildman–Crippen LogP) is 3.03. The van der Waals surface area contributed by atoms with Crippen molar-refractivity contribution in [2.45, 2.75) is 4.90 Å². The molecule has 0 atom stereocenters. The minimum atomic E-state index is -0.857. The van der Waals surface area contributed by atoms with Crippen LogP contribution in [0.25, 0.3) is 0 Å². The monoisotopic (exact) mass is 385 g/mol. The third-order valence-electron chi connectivity index (χ3n) is 3.54. The molecule has 0 bridgehead atoms.